The second-order valence-corrected chi connectivity index (χ2v) is 6.56. The minimum atomic E-state index is -0.283. The summed E-state index contributed by atoms with van der Waals surface area (Å²) in [6.07, 6.45) is 7.42. The van der Waals surface area contributed by atoms with E-state index in [0.717, 1.165) is 23.1 Å². The maximum atomic E-state index is 13.0. The van der Waals surface area contributed by atoms with Crippen molar-refractivity contribution in [2.75, 3.05) is 13.7 Å². The van der Waals surface area contributed by atoms with Gasteiger partial charge in [-0.15, -0.1) is 0 Å². The smallest absolute Gasteiger partial charge is 0.244 e. The molecule has 154 valence electrons. The van der Waals surface area contributed by atoms with Crippen LogP contribution < -0.4 is 14.8 Å². The van der Waals surface area contributed by atoms with Crippen molar-refractivity contribution in [2.24, 2.45) is 0 Å². The van der Waals surface area contributed by atoms with E-state index in [2.05, 4.69) is 10.3 Å². The third-order valence-electron chi connectivity index (χ3n) is 4.38. The molecule has 0 aliphatic heterocycles. The molecular formula is C24H23FN2O3. The van der Waals surface area contributed by atoms with Crippen LogP contribution in [0, 0.1) is 5.82 Å². The Morgan fingerprint density at radius 1 is 1.03 bits per heavy atom. The Bertz CT molecular complexity index is 989. The Kier molecular flexibility index (Phi) is 7.55. The van der Waals surface area contributed by atoms with Gasteiger partial charge in [0, 0.05) is 25.0 Å². The lowest BCUT2D eigenvalue weighted by atomic mass is 10.1. The normalized spacial score (nSPS) is 10.7. The van der Waals surface area contributed by atoms with E-state index >= 15 is 0 Å². The monoisotopic (exact) mass is 406 g/mol. The predicted molar refractivity (Wildman–Crippen MR) is 114 cm³/mol. The Morgan fingerprint density at radius 2 is 1.80 bits per heavy atom. The number of benzene rings is 2. The first-order chi connectivity index (χ1) is 14.6. The number of hydrogen-bond acceptors (Lipinski definition) is 4. The van der Waals surface area contributed by atoms with Crippen molar-refractivity contribution in [3.05, 3.63) is 95.6 Å². The van der Waals surface area contributed by atoms with E-state index < -0.39 is 0 Å². The van der Waals surface area contributed by atoms with Crippen LogP contribution in [0.3, 0.4) is 0 Å². The molecule has 5 nitrogen and oxygen atoms in total. The Labute approximate surface area is 175 Å². The summed E-state index contributed by atoms with van der Waals surface area (Å²) in [5.41, 5.74) is 2.78. The highest BCUT2D eigenvalue weighted by Crippen LogP contribution is 2.29. The van der Waals surface area contributed by atoms with Gasteiger partial charge in [-0.2, -0.15) is 0 Å². The van der Waals surface area contributed by atoms with E-state index in [1.165, 1.54) is 18.2 Å². The zero-order chi connectivity index (χ0) is 21.2. The minimum absolute atomic E-state index is 0.167. The molecule has 1 aromatic heterocycles. The topological polar surface area (TPSA) is 60.5 Å². The molecule has 0 aliphatic carbocycles. The lowest BCUT2D eigenvalue weighted by Gasteiger charge is -2.11. The molecule has 0 bridgehead atoms. The molecule has 1 N–H and O–H groups in total. The molecule has 1 amide bonds. The number of nitrogens with one attached hydrogen (secondary N) is 1. The molecule has 1 heterocycles. The van der Waals surface area contributed by atoms with E-state index in [1.807, 2.05) is 18.2 Å². The van der Waals surface area contributed by atoms with Crippen LogP contribution in [0.1, 0.15) is 16.7 Å². The van der Waals surface area contributed by atoms with E-state index in [4.69, 9.17) is 9.47 Å². The van der Waals surface area contributed by atoms with Crippen LogP contribution in [-0.2, 0) is 17.8 Å². The second kappa shape index (κ2) is 10.8. The summed E-state index contributed by atoms with van der Waals surface area (Å²) in [5, 5.41) is 2.86. The zero-order valence-corrected chi connectivity index (χ0v) is 16.7. The molecule has 0 unspecified atom stereocenters. The van der Waals surface area contributed by atoms with Gasteiger partial charge in [0.25, 0.3) is 0 Å². The number of aromatic nitrogens is 1. The predicted octanol–water partition coefficient (Wildman–Crippen LogP) is 4.18. The molecule has 0 saturated carbocycles. The number of amides is 1. The fraction of sp³-hybridized carbons (Fsp3) is 0.167. The molecule has 0 saturated heterocycles. The summed E-state index contributed by atoms with van der Waals surface area (Å²) in [6.45, 7) is 0.846. The number of halogens is 1. The van der Waals surface area contributed by atoms with E-state index in [0.29, 0.717) is 24.7 Å². The van der Waals surface area contributed by atoms with E-state index in [1.54, 1.807) is 49.8 Å². The molecular weight excluding hydrogens is 383 g/mol. The van der Waals surface area contributed by atoms with Crippen LogP contribution in [0.25, 0.3) is 6.08 Å². The quantitative estimate of drug-likeness (QED) is 0.542. The first-order valence-electron chi connectivity index (χ1n) is 9.54. The summed E-state index contributed by atoms with van der Waals surface area (Å²) in [4.78, 5) is 16.0. The highest BCUT2D eigenvalue weighted by atomic mass is 19.1. The molecule has 0 spiro atoms. The fourth-order valence-corrected chi connectivity index (χ4v) is 2.76. The number of rotatable bonds is 9. The summed E-state index contributed by atoms with van der Waals surface area (Å²) in [6, 6.07) is 15.4. The highest BCUT2D eigenvalue weighted by molar-refractivity contribution is 5.91. The number of carbonyl (C=O) groups excluding carboxylic acids is 1. The average molecular weight is 406 g/mol. The van der Waals surface area contributed by atoms with Gasteiger partial charge in [0.05, 0.1) is 7.11 Å². The summed E-state index contributed by atoms with van der Waals surface area (Å²) < 4.78 is 24.2. The average Bonchev–Trinajstić information content (AvgIpc) is 2.78. The van der Waals surface area contributed by atoms with Crippen LogP contribution in [0.5, 0.6) is 11.5 Å². The van der Waals surface area contributed by atoms with E-state index in [-0.39, 0.29) is 11.7 Å². The first-order valence-corrected chi connectivity index (χ1v) is 9.54. The molecule has 6 heteroatoms. The van der Waals surface area contributed by atoms with Crippen LogP contribution in [-0.4, -0.2) is 24.5 Å². The van der Waals surface area contributed by atoms with Crippen molar-refractivity contribution in [2.45, 2.75) is 13.0 Å². The van der Waals surface area contributed by atoms with Crippen molar-refractivity contribution >= 4 is 12.0 Å². The van der Waals surface area contributed by atoms with Gasteiger partial charge in [-0.1, -0.05) is 18.2 Å². The molecule has 3 aromatic rings. The molecule has 30 heavy (non-hydrogen) atoms. The highest BCUT2D eigenvalue weighted by Gasteiger charge is 2.06. The molecule has 2 aromatic carbocycles. The van der Waals surface area contributed by atoms with Gasteiger partial charge in [0.2, 0.25) is 5.91 Å². The Hall–Kier alpha value is -3.67. The standard InChI is InChI=1S/C24H23FN2O3/c1-29-23-16-19(4-8-22(23)30-17-20-2-6-21(25)7-3-20)5-9-24(28)27-15-12-18-10-13-26-14-11-18/h2-11,13-14,16H,12,15,17H2,1H3,(H,27,28)/b9-5+. The van der Waals surface area contributed by atoms with Gasteiger partial charge >= 0.3 is 0 Å². The maximum absolute atomic E-state index is 13.0. The molecule has 0 aliphatic rings. The number of carbonyl (C=O) groups is 1. The second-order valence-electron chi connectivity index (χ2n) is 6.56. The lowest BCUT2D eigenvalue weighted by Crippen LogP contribution is -2.23. The van der Waals surface area contributed by atoms with Crippen molar-refractivity contribution in [3.63, 3.8) is 0 Å². The van der Waals surface area contributed by atoms with Gasteiger partial charge in [-0.25, -0.2) is 4.39 Å². The van der Waals surface area contributed by atoms with Crippen molar-refractivity contribution in [1.82, 2.24) is 10.3 Å². The molecule has 0 atom stereocenters. The summed E-state index contributed by atoms with van der Waals surface area (Å²) in [5.74, 6) is 0.673. The number of ether oxygens (including phenoxy) is 2. The van der Waals surface area contributed by atoms with Crippen LogP contribution in [0.2, 0.25) is 0 Å². The van der Waals surface area contributed by atoms with E-state index in [9.17, 15) is 9.18 Å². The Morgan fingerprint density at radius 3 is 2.53 bits per heavy atom. The number of hydrogen-bond donors (Lipinski definition) is 1. The van der Waals surface area contributed by atoms with Gasteiger partial charge in [0.1, 0.15) is 12.4 Å². The Balaban J connectivity index is 1.53. The third-order valence-corrected chi connectivity index (χ3v) is 4.38. The summed E-state index contributed by atoms with van der Waals surface area (Å²) >= 11 is 0. The first kappa shape index (κ1) is 21.0. The van der Waals surface area contributed by atoms with Gasteiger partial charge in [-0.05, 0) is 65.6 Å². The largest absolute Gasteiger partial charge is 0.493 e. The van der Waals surface area contributed by atoms with Crippen LogP contribution in [0.4, 0.5) is 4.39 Å². The van der Waals surface area contributed by atoms with Crippen LogP contribution >= 0.6 is 0 Å². The molecule has 3 rings (SSSR count). The number of nitrogens with zero attached hydrogens (tertiary/aromatic N) is 1. The van der Waals surface area contributed by atoms with Gasteiger partial charge in [0.15, 0.2) is 11.5 Å². The minimum Gasteiger partial charge on any atom is -0.493 e. The van der Waals surface area contributed by atoms with Gasteiger partial charge in [-0.3, -0.25) is 9.78 Å². The van der Waals surface area contributed by atoms with Crippen molar-refractivity contribution in [3.8, 4) is 11.5 Å². The summed E-state index contributed by atoms with van der Waals surface area (Å²) in [7, 11) is 1.55. The molecule has 0 fully saturated rings. The SMILES string of the molecule is COc1cc(/C=C/C(=O)NCCc2ccncc2)ccc1OCc1ccc(F)cc1. The number of methoxy groups -OCH3 is 1. The zero-order valence-electron chi connectivity index (χ0n) is 16.7. The third kappa shape index (κ3) is 6.44. The lowest BCUT2D eigenvalue weighted by molar-refractivity contribution is -0.116. The number of pyridine rings is 1. The van der Waals surface area contributed by atoms with Crippen LogP contribution in [0.15, 0.2) is 73.1 Å². The van der Waals surface area contributed by atoms with Crippen molar-refractivity contribution < 1.29 is 18.7 Å². The van der Waals surface area contributed by atoms with Gasteiger partial charge < -0.3 is 14.8 Å². The molecule has 0 radical (unpaired) electrons. The maximum Gasteiger partial charge on any atom is 0.244 e. The fourth-order valence-electron chi connectivity index (χ4n) is 2.76. The van der Waals surface area contributed by atoms with Crippen molar-refractivity contribution in [1.29, 1.82) is 0 Å².